The van der Waals surface area contributed by atoms with E-state index < -0.39 is 48.0 Å². The van der Waals surface area contributed by atoms with Crippen LogP contribution in [0.25, 0.3) is 0 Å². The van der Waals surface area contributed by atoms with E-state index in [2.05, 4.69) is 4.99 Å². The smallest absolute Gasteiger partial charge is 0.475 e. The van der Waals surface area contributed by atoms with Crippen LogP contribution in [-0.2, 0) is 48.1 Å². The van der Waals surface area contributed by atoms with Crippen LogP contribution >= 0.6 is 7.82 Å². The number of phosphoric acid groups is 1. The lowest BCUT2D eigenvalue weighted by Crippen LogP contribution is -2.36. The second-order valence-electron chi connectivity index (χ2n) is 13.2. The molecular formula is C32H42F6NO6P. The van der Waals surface area contributed by atoms with E-state index in [-0.39, 0.29) is 38.4 Å². The first kappa shape index (κ1) is 37.9. The number of rotatable bonds is 13. The topological polar surface area (TPSA) is 75.6 Å². The fourth-order valence-electron chi connectivity index (χ4n) is 4.63. The van der Waals surface area contributed by atoms with Gasteiger partial charge in [-0.2, -0.15) is 26.3 Å². The number of hydrogen-bond acceptors (Lipinski definition) is 7. The van der Waals surface area contributed by atoms with Crippen molar-refractivity contribution in [1.82, 2.24) is 0 Å². The maximum atomic E-state index is 14.0. The van der Waals surface area contributed by atoms with Gasteiger partial charge in [0.15, 0.2) is 5.90 Å². The lowest BCUT2D eigenvalue weighted by Gasteiger charge is -2.33. The number of aliphatic imine (C=N–C) groups is 1. The first-order valence-electron chi connectivity index (χ1n) is 14.8. The van der Waals surface area contributed by atoms with Gasteiger partial charge in [-0.25, -0.2) is 9.56 Å². The highest BCUT2D eigenvalue weighted by atomic mass is 31.2. The Morgan fingerprint density at radius 2 is 1.43 bits per heavy atom. The van der Waals surface area contributed by atoms with Crippen LogP contribution in [0.1, 0.15) is 83.6 Å². The average molecular weight is 682 g/mol. The fraction of sp³-hybridized carbons (Fsp3) is 0.594. The maximum absolute atomic E-state index is 14.0. The van der Waals surface area contributed by atoms with Gasteiger partial charge in [-0.1, -0.05) is 18.2 Å². The molecule has 14 heteroatoms. The number of phosphoric ester groups is 1. The summed E-state index contributed by atoms with van der Waals surface area (Å²) in [6.07, 6.45) is -8.15. The van der Waals surface area contributed by atoms with E-state index in [0.717, 1.165) is 18.2 Å². The van der Waals surface area contributed by atoms with Crippen molar-refractivity contribution in [2.75, 3.05) is 19.8 Å². The molecule has 258 valence electrons. The van der Waals surface area contributed by atoms with Crippen molar-refractivity contribution in [3.63, 3.8) is 0 Å². The maximum Gasteiger partial charge on any atom is 0.475 e. The molecule has 0 radical (unpaired) electrons. The molecule has 0 saturated carbocycles. The molecule has 46 heavy (non-hydrogen) atoms. The van der Waals surface area contributed by atoms with E-state index in [4.69, 9.17) is 23.0 Å². The Labute approximate surface area is 266 Å². The Kier molecular flexibility index (Phi) is 11.7. The normalized spacial score (nSPS) is 18.0. The Balaban J connectivity index is 1.69. The third-order valence-electron chi connectivity index (χ3n) is 6.58. The predicted molar refractivity (Wildman–Crippen MR) is 162 cm³/mol. The van der Waals surface area contributed by atoms with E-state index in [0.29, 0.717) is 29.9 Å². The van der Waals surface area contributed by atoms with Crippen LogP contribution in [0, 0.1) is 0 Å². The zero-order valence-corrected chi connectivity index (χ0v) is 28.0. The van der Waals surface area contributed by atoms with Crippen LogP contribution in [0.15, 0.2) is 47.5 Å². The van der Waals surface area contributed by atoms with Crippen LogP contribution in [0.3, 0.4) is 0 Å². The summed E-state index contributed by atoms with van der Waals surface area (Å²) in [5.74, 6) is 0.0160. The Morgan fingerprint density at radius 3 is 1.93 bits per heavy atom. The summed E-state index contributed by atoms with van der Waals surface area (Å²) < 4.78 is 122. The quantitative estimate of drug-likeness (QED) is 0.119. The Hall–Kier alpha value is -2.60. The molecule has 1 aliphatic heterocycles. The molecule has 2 aromatic rings. The van der Waals surface area contributed by atoms with Gasteiger partial charge >= 0.3 is 20.2 Å². The molecule has 3 rings (SSSR count). The molecule has 2 aromatic carbocycles. The predicted octanol–water partition coefficient (Wildman–Crippen LogP) is 9.61. The summed E-state index contributed by atoms with van der Waals surface area (Å²) in [6.45, 7) is 11.6. The van der Waals surface area contributed by atoms with Gasteiger partial charge in [0.2, 0.25) is 0 Å². The monoisotopic (exact) mass is 681 g/mol. The molecule has 0 bridgehead atoms. The van der Waals surface area contributed by atoms with Crippen molar-refractivity contribution in [2.45, 2.75) is 103 Å². The molecule has 1 heterocycles. The lowest BCUT2D eigenvalue weighted by atomic mass is 9.93. The third kappa shape index (κ3) is 11.9. The van der Waals surface area contributed by atoms with Crippen molar-refractivity contribution in [3.05, 3.63) is 64.7 Å². The zero-order valence-electron chi connectivity index (χ0n) is 27.1. The van der Waals surface area contributed by atoms with Crippen molar-refractivity contribution in [3.8, 4) is 5.75 Å². The van der Waals surface area contributed by atoms with Gasteiger partial charge in [-0.05, 0) is 103 Å². The largest absolute Gasteiger partial charge is 0.493 e. The highest BCUT2D eigenvalue weighted by Gasteiger charge is 2.43. The first-order chi connectivity index (χ1) is 21.0. The van der Waals surface area contributed by atoms with Crippen molar-refractivity contribution in [2.24, 2.45) is 4.99 Å². The molecule has 0 spiro atoms. The van der Waals surface area contributed by atoms with Crippen molar-refractivity contribution >= 4 is 13.7 Å². The molecule has 0 fully saturated rings. The summed E-state index contributed by atoms with van der Waals surface area (Å²) in [7, 11) is -4.09. The second-order valence-corrected chi connectivity index (χ2v) is 14.8. The summed E-state index contributed by atoms with van der Waals surface area (Å²) >= 11 is 0. The third-order valence-corrected chi connectivity index (χ3v) is 8.57. The van der Waals surface area contributed by atoms with Crippen molar-refractivity contribution < 1.29 is 54.0 Å². The van der Waals surface area contributed by atoms with Gasteiger partial charge in [0.05, 0.1) is 35.5 Å². The highest BCUT2D eigenvalue weighted by Crippen LogP contribution is 2.56. The average Bonchev–Trinajstić information content (AvgIpc) is 3.27. The van der Waals surface area contributed by atoms with Gasteiger partial charge in [-0.15, -0.1) is 0 Å². The van der Waals surface area contributed by atoms with E-state index in [1.54, 1.807) is 48.5 Å². The minimum Gasteiger partial charge on any atom is -0.493 e. The number of ether oxygens (including phenoxy) is 2. The minimum absolute atomic E-state index is 0.0656. The summed E-state index contributed by atoms with van der Waals surface area (Å²) in [4.78, 5) is 4.55. The van der Waals surface area contributed by atoms with Crippen molar-refractivity contribution in [1.29, 1.82) is 0 Å². The molecule has 1 aliphatic rings. The molecule has 0 aromatic heterocycles. The summed E-state index contributed by atoms with van der Waals surface area (Å²) in [5.41, 5.74) is -3.52. The van der Waals surface area contributed by atoms with Crippen LogP contribution in [-0.4, -0.2) is 42.5 Å². The van der Waals surface area contributed by atoms with Gasteiger partial charge in [0.1, 0.15) is 17.9 Å². The number of nitrogens with zero attached hydrogens (tertiary/aromatic N) is 1. The molecule has 0 N–H and O–H groups in total. The lowest BCUT2D eigenvalue weighted by molar-refractivity contribution is -0.139. The fourth-order valence-corrected chi connectivity index (χ4v) is 6.51. The van der Waals surface area contributed by atoms with Crippen LogP contribution < -0.4 is 4.74 Å². The number of hydrogen-bond donors (Lipinski definition) is 0. The van der Waals surface area contributed by atoms with Crippen LogP contribution in [0.4, 0.5) is 26.3 Å². The van der Waals surface area contributed by atoms with E-state index >= 15 is 0 Å². The Bertz CT molecular complexity index is 1380. The molecule has 1 unspecified atom stereocenters. The first-order valence-corrected chi connectivity index (χ1v) is 16.3. The van der Waals surface area contributed by atoms with E-state index in [1.807, 2.05) is 0 Å². The standard InChI is InChI=1S/C32H42F6NO6P/c1-22-39-30(20-42-22,21-43-46(40,44-28(2,3)4)45-29(5,6)7)17-16-24-12-15-27(26(19-24)32(36,37)38)41-18-8-9-23-10-13-25(14-11-23)31(33,34)35/h10-15,19H,8-9,16-18,20-21H2,1-7H3. The number of benzene rings is 2. The zero-order chi connectivity index (χ0) is 34.6. The SMILES string of the molecule is CC1=NC(CCc2ccc(OCCCc3ccc(C(F)(F)F)cc3)c(C(F)(F)F)c2)(COP(=O)(OC(C)(C)C)OC(C)(C)C)CO1. The molecule has 0 amide bonds. The van der Waals surface area contributed by atoms with E-state index in [1.165, 1.54) is 24.3 Å². The summed E-state index contributed by atoms with van der Waals surface area (Å²) in [6, 6.07) is 8.41. The summed E-state index contributed by atoms with van der Waals surface area (Å²) in [5, 5.41) is 0. The number of alkyl halides is 6. The highest BCUT2D eigenvalue weighted by molar-refractivity contribution is 7.48. The minimum atomic E-state index is -4.70. The molecule has 0 aliphatic carbocycles. The molecule has 1 atom stereocenters. The second kappa shape index (κ2) is 14.3. The van der Waals surface area contributed by atoms with Gasteiger partial charge in [0.25, 0.3) is 0 Å². The van der Waals surface area contributed by atoms with Crippen LogP contribution in [0.2, 0.25) is 0 Å². The number of aryl methyl sites for hydroxylation is 2. The van der Waals surface area contributed by atoms with Gasteiger partial charge in [-0.3, -0.25) is 13.6 Å². The van der Waals surface area contributed by atoms with Crippen LogP contribution in [0.5, 0.6) is 5.75 Å². The van der Waals surface area contributed by atoms with Gasteiger partial charge < -0.3 is 9.47 Å². The van der Waals surface area contributed by atoms with E-state index in [9.17, 15) is 30.9 Å². The Morgan fingerprint density at radius 1 is 0.848 bits per heavy atom. The van der Waals surface area contributed by atoms with Gasteiger partial charge in [0, 0.05) is 6.92 Å². The molecule has 0 saturated heterocycles. The number of halogens is 6. The molecular weight excluding hydrogens is 639 g/mol. The molecule has 7 nitrogen and oxygen atoms in total.